The summed E-state index contributed by atoms with van der Waals surface area (Å²) in [5, 5.41) is 0. The lowest BCUT2D eigenvalue weighted by atomic mass is 10.1. The maximum Gasteiger partial charge on any atom is 0.306 e. The van der Waals surface area contributed by atoms with Gasteiger partial charge in [-0.3, -0.25) is 9.59 Å². The maximum atomic E-state index is 12.4. The van der Waals surface area contributed by atoms with Gasteiger partial charge in [0.05, 0.1) is 40.5 Å². The van der Waals surface area contributed by atoms with Crippen LogP contribution in [0.25, 0.3) is 0 Å². The summed E-state index contributed by atoms with van der Waals surface area (Å²) in [7, 11) is 1.59. The average Bonchev–Trinajstić information content (AvgIpc) is 2.97. The largest absolute Gasteiger partial charge is 0.778 e. The van der Waals surface area contributed by atoms with Gasteiger partial charge in [-0.15, -0.1) is 0 Å². The number of quaternary nitrogens is 1. The van der Waals surface area contributed by atoms with E-state index in [0.717, 1.165) is 70.6 Å². The van der Waals surface area contributed by atoms with Gasteiger partial charge in [0.1, 0.15) is 14.2 Å². The van der Waals surface area contributed by atoms with Crippen LogP contribution in [0.1, 0.15) is 136 Å². The number of esters is 2. The summed E-state index contributed by atoms with van der Waals surface area (Å²) in [6.45, 7) is 4.22. The first-order chi connectivity index (χ1) is 21.0. The molecule has 0 saturated carbocycles. The molecule has 0 aromatic carbocycles. The predicted molar refractivity (Wildman–Crippen MR) is 180 cm³/mol. The van der Waals surface area contributed by atoms with E-state index in [2.05, 4.69) is 38.2 Å². The van der Waals surface area contributed by atoms with Crippen molar-refractivity contribution in [2.45, 2.75) is 142 Å². The minimum Gasteiger partial charge on any atom is -0.778 e. The van der Waals surface area contributed by atoms with E-state index in [1.807, 2.05) is 21.1 Å². The molecule has 0 aliphatic rings. The van der Waals surface area contributed by atoms with E-state index in [9.17, 15) is 19.0 Å². The summed E-state index contributed by atoms with van der Waals surface area (Å²) >= 11 is 0. The van der Waals surface area contributed by atoms with Gasteiger partial charge < -0.3 is 27.9 Å². The molecule has 0 aliphatic carbocycles. The van der Waals surface area contributed by atoms with Crippen LogP contribution < -0.4 is 4.89 Å². The number of carbonyl (C=O) groups excluding carboxylic acids is 2. The number of rotatable bonds is 30. The molecular formula is C35H66NO7P. The van der Waals surface area contributed by atoms with Crippen LogP contribution in [0.2, 0.25) is 0 Å². The number of unbranched alkanes of at least 4 members (excludes halogenated alkanes) is 13. The molecule has 0 saturated heterocycles. The molecule has 44 heavy (non-hydrogen) atoms. The van der Waals surface area contributed by atoms with E-state index in [1.165, 1.54) is 32.1 Å². The summed E-state index contributed by atoms with van der Waals surface area (Å²) in [5.74, 6) is -0.797. The van der Waals surface area contributed by atoms with Crippen LogP contribution in [0, 0.1) is 0 Å². The molecule has 0 aromatic rings. The molecule has 0 spiro atoms. The SMILES string of the molecule is CCCCC/C=C/C/C=C/CCCCCCCC(=O)OCC(COP(=O)([O-])CC[N+](C)(C)C)OC(=O)CCCCCCCC. The number of hydrogen-bond donors (Lipinski definition) is 0. The lowest BCUT2D eigenvalue weighted by molar-refractivity contribution is -0.868. The van der Waals surface area contributed by atoms with E-state index < -0.39 is 19.7 Å². The molecular weight excluding hydrogens is 577 g/mol. The van der Waals surface area contributed by atoms with Crippen molar-refractivity contribution >= 4 is 19.5 Å². The Morgan fingerprint density at radius 2 is 1.20 bits per heavy atom. The Kier molecular flexibility index (Phi) is 26.9. The normalized spacial score (nSPS) is 14.2. The van der Waals surface area contributed by atoms with Gasteiger partial charge >= 0.3 is 11.9 Å². The number of hydrogen-bond acceptors (Lipinski definition) is 7. The Labute approximate surface area is 270 Å². The van der Waals surface area contributed by atoms with Gasteiger partial charge in [-0.25, -0.2) is 0 Å². The van der Waals surface area contributed by atoms with Crippen molar-refractivity contribution in [1.29, 1.82) is 0 Å². The molecule has 0 bridgehead atoms. The zero-order chi connectivity index (χ0) is 32.9. The second-order valence-corrected chi connectivity index (χ2v) is 14.9. The Hall–Kier alpha value is -1.47. The predicted octanol–water partition coefficient (Wildman–Crippen LogP) is 8.28. The van der Waals surface area contributed by atoms with Gasteiger partial charge in [-0.05, 0) is 44.9 Å². The zero-order valence-electron chi connectivity index (χ0n) is 28.9. The zero-order valence-corrected chi connectivity index (χ0v) is 29.8. The van der Waals surface area contributed by atoms with E-state index in [0.29, 0.717) is 17.4 Å². The molecule has 8 nitrogen and oxygen atoms in total. The molecule has 9 heteroatoms. The molecule has 0 aliphatic heterocycles. The van der Waals surface area contributed by atoms with Crippen LogP contribution in [0.15, 0.2) is 24.3 Å². The van der Waals surface area contributed by atoms with Crippen LogP contribution in [0.4, 0.5) is 0 Å². The first-order valence-corrected chi connectivity index (χ1v) is 19.1. The third-order valence-corrected chi connectivity index (χ3v) is 8.59. The van der Waals surface area contributed by atoms with Crippen molar-refractivity contribution in [3.05, 3.63) is 24.3 Å². The minimum atomic E-state index is -4.12. The third-order valence-electron chi connectivity index (χ3n) is 7.30. The summed E-state index contributed by atoms with van der Waals surface area (Å²) in [4.78, 5) is 37.2. The van der Waals surface area contributed by atoms with E-state index in [4.69, 9.17) is 14.0 Å². The molecule has 0 amide bonds. The maximum absolute atomic E-state index is 12.4. The molecule has 0 rings (SSSR count). The highest BCUT2D eigenvalue weighted by molar-refractivity contribution is 7.51. The highest BCUT2D eigenvalue weighted by Crippen LogP contribution is 2.37. The fraction of sp³-hybridized carbons (Fsp3) is 0.829. The highest BCUT2D eigenvalue weighted by Gasteiger charge is 2.22. The average molecular weight is 644 g/mol. The lowest BCUT2D eigenvalue weighted by Crippen LogP contribution is -2.38. The van der Waals surface area contributed by atoms with Crippen molar-refractivity contribution in [3.8, 4) is 0 Å². The molecule has 0 N–H and O–H groups in total. The van der Waals surface area contributed by atoms with Gasteiger partial charge in [0, 0.05) is 12.8 Å². The molecule has 2 atom stereocenters. The summed E-state index contributed by atoms with van der Waals surface area (Å²) in [6, 6.07) is 0. The number of allylic oxidation sites excluding steroid dienone is 4. The fourth-order valence-electron chi connectivity index (χ4n) is 4.43. The van der Waals surface area contributed by atoms with E-state index in [-0.39, 0.29) is 38.2 Å². The molecule has 258 valence electrons. The smallest absolute Gasteiger partial charge is 0.306 e. The van der Waals surface area contributed by atoms with Crippen LogP contribution in [-0.2, 0) is 28.2 Å². The topological polar surface area (TPSA) is 102 Å². The van der Waals surface area contributed by atoms with Crippen molar-refractivity contribution in [2.75, 3.05) is 47.1 Å². The van der Waals surface area contributed by atoms with Crippen LogP contribution in [-0.4, -0.2) is 69.6 Å². The van der Waals surface area contributed by atoms with Gasteiger partial charge in [-0.1, -0.05) is 102 Å². The van der Waals surface area contributed by atoms with Crippen molar-refractivity contribution in [3.63, 3.8) is 0 Å². The second kappa shape index (κ2) is 27.8. The number of carbonyl (C=O) groups is 2. The van der Waals surface area contributed by atoms with Gasteiger partial charge in [0.15, 0.2) is 6.10 Å². The summed E-state index contributed by atoms with van der Waals surface area (Å²) < 4.78 is 28.9. The van der Waals surface area contributed by atoms with Crippen molar-refractivity contribution < 1.29 is 37.5 Å². The standard InChI is InChI=1S/C35H66NO7P/c1-6-8-10-12-14-15-16-17-18-19-20-21-22-24-25-27-34(37)41-31-33(32-42-44(39,40)30-29-36(3,4)5)43-35(38)28-26-23-13-11-9-7-2/h14-15,17-18,33H,6-13,16,19-32H2,1-5H3/b15-14+,18-17+. The molecule has 2 unspecified atom stereocenters. The quantitative estimate of drug-likeness (QED) is 0.0255. The second-order valence-electron chi connectivity index (χ2n) is 12.9. The van der Waals surface area contributed by atoms with Crippen LogP contribution in [0.5, 0.6) is 0 Å². The Bertz CT molecular complexity index is 822. The van der Waals surface area contributed by atoms with Crippen LogP contribution in [0.3, 0.4) is 0 Å². The summed E-state index contributed by atoms with van der Waals surface area (Å²) in [5.41, 5.74) is 0. The van der Waals surface area contributed by atoms with Crippen molar-refractivity contribution in [2.24, 2.45) is 0 Å². The van der Waals surface area contributed by atoms with Gasteiger partial charge in [0.2, 0.25) is 0 Å². The Balaban J connectivity index is 4.36. The Morgan fingerprint density at radius 3 is 1.80 bits per heavy atom. The summed E-state index contributed by atoms with van der Waals surface area (Å²) in [6.07, 6.45) is 26.8. The fourth-order valence-corrected chi connectivity index (χ4v) is 5.80. The molecule has 0 fully saturated rings. The first-order valence-electron chi connectivity index (χ1n) is 17.4. The number of ether oxygens (including phenoxy) is 2. The van der Waals surface area contributed by atoms with Gasteiger partial charge in [-0.2, -0.15) is 0 Å². The van der Waals surface area contributed by atoms with Crippen LogP contribution >= 0.6 is 7.60 Å². The highest BCUT2D eigenvalue weighted by atomic mass is 31.2. The first kappa shape index (κ1) is 42.5. The molecule has 0 aromatic heterocycles. The monoisotopic (exact) mass is 643 g/mol. The lowest BCUT2D eigenvalue weighted by Gasteiger charge is -2.30. The number of nitrogens with zero attached hydrogens (tertiary/aromatic N) is 1. The Morgan fingerprint density at radius 1 is 0.705 bits per heavy atom. The molecule has 0 heterocycles. The van der Waals surface area contributed by atoms with E-state index >= 15 is 0 Å². The molecule has 0 radical (unpaired) electrons. The van der Waals surface area contributed by atoms with E-state index in [1.54, 1.807) is 0 Å². The van der Waals surface area contributed by atoms with Crippen molar-refractivity contribution in [1.82, 2.24) is 0 Å². The minimum absolute atomic E-state index is 0.123. The third kappa shape index (κ3) is 30.6. The van der Waals surface area contributed by atoms with Gasteiger partial charge in [0.25, 0.3) is 0 Å².